The maximum atomic E-state index is 12.4. The van der Waals surface area contributed by atoms with Crippen LogP contribution in [0.4, 0.5) is 5.69 Å². The van der Waals surface area contributed by atoms with Crippen molar-refractivity contribution in [2.45, 2.75) is 6.10 Å². The van der Waals surface area contributed by atoms with Crippen LogP contribution in [0, 0.1) is 10.1 Å². The summed E-state index contributed by atoms with van der Waals surface area (Å²) in [5.74, 6) is 0.286. The van der Waals surface area contributed by atoms with Crippen molar-refractivity contribution in [3.63, 3.8) is 0 Å². The molecule has 0 aliphatic carbocycles. The highest BCUT2D eigenvalue weighted by Crippen LogP contribution is 2.22. The van der Waals surface area contributed by atoms with E-state index in [1.165, 1.54) is 24.3 Å². The smallest absolute Gasteiger partial charge is 0.269 e. The highest BCUT2D eigenvalue weighted by molar-refractivity contribution is 5.78. The first-order valence-corrected chi connectivity index (χ1v) is 7.95. The summed E-state index contributed by atoms with van der Waals surface area (Å²) < 4.78 is 11.2. The summed E-state index contributed by atoms with van der Waals surface area (Å²) in [6.45, 7) is 1.36. The molecule has 1 unspecified atom stereocenters. The lowest BCUT2D eigenvalue weighted by atomic mass is 10.1. The van der Waals surface area contributed by atoms with Crippen molar-refractivity contribution in [2.75, 3.05) is 26.3 Å². The van der Waals surface area contributed by atoms with Gasteiger partial charge in [-0.25, -0.2) is 0 Å². The van der Waals surface area contributed by atoms with E-state index < -0.39 is 4.92 Å². The molecule has 0 saturated carbocycles. The molecule has 1 atom stereocenters. The first-order valence-electron chi connectivity index (χ1n) is 7.95. The van der Waals surface area contributed by atoms with Crippen LogP contribution in [-0.2, 0) is 9.53 Å². The molecule has 3 rings (SSSR count). The third-order valence-corrected chi connectivity index (χ3v) is 4.00. The number of nitro benzene ring substituents is 1. The lowest BCUT2D eigenvalue weighted by molar-refractivity contribution is -0.384. The predicted molar refractivity (Wildman–Crippen MR) is 90.3 cm³/mol. The summed E-state index contributed by atoms with van der Waals surface area (Å²) in [6.07, 6.45) is -0.140. The second-order valence-corrected chi connectivity index (χ2v) is 5.65. The predicted octanol–water partition coefficient (Wildman–Crippen LogP) is 2.57. The summed E-state index contributed by atoms with van der Waals surface area (Å²) in [7, 11) is 0. The fourth-order valence-electron chi connectivity index (χ4n) is 2.65. The van der Waals surface area contributed by atoms with Crippen molar-refractivity contribution in [3.8, 4) is 5.75 Å². The van der Waals surface area contributed by atoms with E-state index in [0.717, 1.165) is 5.56 Å². The zero-order valence-corrected chi connectivity index (χ0v) is 13.5. The van der Waals surface area contributed by atoms with Gasteiger partial charge in [0.05, 0.1) is 18.1 Å². The standard InChI is InChI=1S/C18H18N2O5/c21-18(13-25-16-8-6-15(7-9-16)20(22)23)19-10-11-24-17(12-19)14-4-2-1-3-5-14/h1-9,17H,10-13H2. The van der Waals surface area contributed by atoms with E-state index in [4.69, 9.17) is 9.47 Å². The fraction of sp³-hybridized carbons (Fsp3) is 0.278. The van der Waals surface area contributed by atoms with Crippen LogP contribution in [0.15, 0.2) is 54.6 Å². The van der Waals surface area contributed by atoms with Gasteiger partial charge in [0.25, 0.3) is 11.6 Å². The van der Waals surface area contributed by atoms with Gasteiger partial charge in [0, 0.05) is 18.7 Å². The van der Waals surface area contributed by atoms with Gasteiger partial charge in [0.2, 0.25) is 0 Å². The van der Waals surface area contributed by atoms with Crippen molar-refractivity contribution >= 4 is 11.6 Å². The number of morpholine rings is 1. The van der Waals surface area contributed by atoms with Gasteiger partial charge in [-0.2, -0.15) is 0 Å². The van der Waals surface area contributed by atoms with Gasteiger partial charge in [-0.1, -0.05) is 30.3 Å². The van der Waals surface area contributed by atoms with Crippen LogP contribution in [-0.4, -0.2) is 42.0 Å². The minimum absolute atomic E-state index is 0.0161. The number of carbonyl (C=O) groups excluding carboxylic acids is 1. The number of nitrogens with zero attached hydrogens (tertiary/aromatic N) is 2. The Labute approximate surface area is 144 Å². The van der Waals surface area contributed by atoms with Crippen LogP contribution in [0.3, 0.4) is 0 Å². The summed E-state index contributed by atoms with van der Waals surface area (Å²) in [6, 6.07) is 15.4. The zero-order valence-electron chi connectivity index (χ0n) is 13.5. The van der Waals surface area contributed by atoms with Crippen molar-refractivity contribution < 1.29 is 19.2 Å². The van der Waals surface area contributed by atoms with Crippen molar-refractivity contribution in [1.82, 2.24) is 4.90 Å². The minimum atomic E-state index is -0.480. The Morgan fingerprint density at radius 2 is 1.92 bits per heavy atom. The van der Waals surface area contributed by atoms with E-state index in [1.807, 2.05) is 30.3 Å². The van der Waals surface area contributed by atoms with Gasteiger partial charge < -0.3 is 14.4 Å². The summed E-state index contributed by atoms with van der Waals surface area (Å²) in [5.41, 5.74) is 1.02. The van der Waals surface area contributed by atoms with Gasteiger partial charge in [-0.3, -0.25) is 14.9 Å². The number of hydrogen-bond acceptors (Lipinski definition) is 5. The maximum absolute atomic E-state index is 12.4. The number of ether oxygens (including phenoxy) is 2. The van der Waals surface area contributed by atoms with E-state index in [0.29, 0.717) is 25.4 Å². The number of amides is 1. The number of nitro groups is 1. The molecule has 2 aromatic rings. The number of non-ortho nitro benzene ring substituents is 1. The van der Waals surface area contributed by atoms with Gasteiger partial charge in [-0.05, 0) is 17.7 Å². The molecule has 0 radical (unpaired) electrons. The van der Waals surface area contributed by atoms with Crippen LogP contribution >= 0.6 is 0 Å². The summed E-state index contributed by atoms with van der Waals surface area (Å²) in [5, 5.41) is 10.6. The topological polar surface area (TPSA) is 81.9 Å². The van der Waals surface area contributed by atoms with Crippen LogP contribution in [0.1, 0.15) is 11.7 Å². The molecule has 2 aromatic carbocycles. The Hall–Kier alpha value is -2.93. The highest BCUT2D eigenvalue weighted by atomic mass is 16.6. The summed E-state index contributed by atoms with van der Waals surface area (Å²) >= 11 is 0. The molecular formula is C18H18N2O5. The normalized spacial score (nSPS) is 17.1. The van der Waals surface area contributed by atoms with Crippen LogP contribution in [0.2, 0.25) is 0 Å². The Kier molecular flexibility index (Phi) is 5.25. The van der Waals surface area contributed by atoms with Crippen LogP contribution < -0.4 is 4.74 Å². The third-order valence-electron chi connectivity index (χ3n) is 4.00. The van der Waals surface area contributed by atoms with E-state index >= 15 is 0 Å². The van der Waals surface area contributed by atoms with Crippen molar-refractivity contribution in [1.29, 1.82) is 0 Å². The number of rotatable bonds is 5. The highest BCUT2D eigenvalue weighted by Gasteiger charge is 2.25. The van der Waals surface area contributed by atoms with Crippen molar-refractivity contribution in [2.24, 2.45) is 0 Å². The molecule has 1 aliphatic rings. The molecular weight excluding hydrogens is 324 g/mol. The quantitative estimate of drug-likeness (QED) is 0.616. The Balaban J connectivity index is 1.55. The molecule has 1 fully saturated rings. The first kappa shape index (κ1) is 16.9. The molecule has 0 bridgehead atoms. The van der Waals surface area contributed by atoms with Gasteiger partial charge in [0.15, 0.2) is 6.61 Å². The molecule has 1 aliphatic heterocycles. The minimum Gasteiger partial charge on any atom is -0.484 e. The van der Waals surface area contributed by atoms with E-state index in [-0.39, 0.29) is 24.3 Å². The number of benzene rings is 2. The lowest BCUT2D eigenvalue weighted by Crippen LogP contribution is -2.44. The van der Waals surface area contributed by atoms with E-state index in [2.05, 4.69) is 0 Å². The SMILES string of the molecule is O=C(COc1ccc([N+](=O)[O-])cc1)N1CCOC(c2ccccc2)C1. The monoisotopic (exact) mass is 342 g/mol. The average Bonchev–Trinajstić information content (AvgIpc) is 2.67. The van der Waals surface area contributed by atoms with Crippen LogP contribution in [0.5, 0.6) is 5.75 Å². The van der Waals surface area contributed by atoms with Gasteiger partial charge >= 0.3 is 0 Å². The lowest BCUT2D eigenvalue weighted by Gasteiger charge is -2.33. The van der Waals surface area contributed by atoms with Crippen molar-refractivity contribution in [3.05, 3.63) is 70.3 Å². The molecule has 7 nitrogen and oxygen atoms in total. The Morgan fingerprint density at radius 1 is 1.20 bits per heavy atom. The van der Waals surface area contributed by atoms with Crippen LogP contribution in [0.25, 0.3) is 0 Å². The number of carbonyl (C=O) groups is 1. The molecule has 1 saturated heterocycles. The molecule has 1 heterocycles. The Morgan fingerprint density at radius 3 is 2.60 bits per heavy atom. The second kappa shape index (κ2) is 7.76. The molecule has 0 aromatic heterocycles. The largest absolute Gasteiger partial charge is 0.484 e. The molecule has 25 heavy (non-hydrogen) atoms. The molecule has 0 N–H and O–H groups in total. The average molecular weight is 342 g/mol. The Bertz CT molecular complexity index is 733. The second-order valence-electron chi connectivity index (χ2n) is 5.65. The van der Waals surface area contributed by atoms with E-state index in [9.17, 15) is 14.9 Å². The zero-order chi connectivity index (χ0) is 17.6. The fourth-order valence-corrected chi connectivity index (χ4v) is 2.65. The van der Waals surface area contributed by atoms with Gasteiger partial charge in [0.1, 0.15) is 11.9 Å². The molecule has 7 heteroatoms. The molecule has 1 amide bonds. The first-order chi connectivity index (χ1) is 12.1. The number of hydrogen-bond donors (Lipinski definition) is 0. The molecule has 0 spiro atoms. The summed E-state index contributed by atoms with van der Waals surface area (Å²) in [4.78, 5) is 24.2. The maximum Gasteiger partial charge on any atom is 0.269 e. The molecule has 130 valence electrons. The van der Waals surface area contributed by atoms with E-state index in [1.54, 1.807) is 4.90 Å². The van der Waals surface area contributed by atoms with Gasteiger partial charge in [-0.15, -0.1) is 0 Å². The third kappa shape index (κ3) is 4.33.